The molecule has 3 rings (SSSR count). The number of methoxy groups -OCH3 is 1. The van der Waals surface area contributed by atoms with Crippen LogP contribution in [0.2, 0.25) is 5.02 Å². The summed E-state index contributed by atoms with van der Waals surface area (Å²) in [5.74, 6) is 1.77. The Bertz CT molecular complexity index is 959. The van der Waals surface area contributed by atoms with Crippen LogP contribution in [-0.2, 0) is 18.4 Å². The fourth-order valence-corrected chi connectivity index (χ4v) is 3.72. The van der Waals surface area contributed by atoms with Gasteiger partial charge in [0.05, 0.1) is 17.9 Å². The molecule has 0 aliphatic rings. The summed E-state index contributed by atoms with van der Waals surface area (Å²) in [7, 11) is 5.29. The molecule has 8 heteroatoms. The van der Waals surface area contributed by atoms with E-state index in [0.717, 1.165) is 16.9 Å². The second-order valence-corrected chi connectivity index (χ2v) is 7.58. The van der Waals surface area contributed by atoms with E-state index >= 15 is 0 Å². The van der Waals surface area contributed by atoms with E-state index in [9.17, 15) is 4.79 Å². The van der Waals surface area contributed by atoms with Gasteiger partial charge < -0.3 is 14.2 Å². The maximum Gasteiger partial charge on any atom is 0.233 e. The van der Waals surface area contributed by atoms with Gasteiger partial charge in [-0.15, -0.1) is 10.2 Å². The number of carbonyl (C=O) groups excluding carboxylic acids is 1. The molecule has 0 aliphatic heterocycles. The lowest BCUT2D eigenvalue weighted by molar-refractivity contribution is -0.127. The first-order valence-electron chi connectivity index (χ1n) is 8.63. The summed E-state index contributed by atoms with van der Waals surface area (Å²) in [5.41, 5.74) is 1.86. The van der Waals surface area contributed by atoms with Crippen molar-refractivity contribution < 1.29 is 9.53 Å². The van der Waals surface area contributed by atoms with Crippen LogP contribution in [0.5, 0.6) is 5.75 Å². The fraction of sp³-hybridized carbons (Fsp3) is 0.250. The standard InChI is InChI=1S/C20H21ClN4O2S/c1-24(12-14-8-10-15(27-3)11-9-14)18(26)13-28-20-23-22-19(25(20)2)16-6-4-5-7-17(16)21/h4-11H,12-13H2,1-3H3. The Morgan fingerprint density at radius 1 is 1.18 bits per heavy atom. The first-order valence-corrected chi connectivity index (χ1v) is 10.00. The van der Waals surface area contributed by atoms with Gasteiger partial charge in [0.25, 0.3) is 0 Å². The largest absolute Gasteiger partial charge is 0.497 e. The maximum absolute atomic E-state index is 12.5. The van der Waals surface area contributed by atoms with Gasteiger partial charge in [0.2, 0.25) is 5.91 Å². The fourth-order valence-electron chi connectivity index (χ4n) is 2.65. The first kappa shape index (κ1) is 20.2. The highest BCUT2D eigenvalue weighted by Crippen LogP contribution is 2.28. The Morgan fingerprint density at radius 2 is 1.89 bits per heavy atom. The third kappa shape index (κ3) is 4.66. The summed E-state index contributed by atoms with van der Waals surface area (Å²) >= 11 is 7.61. The predicted molar refractivity (Wildman–Crippen MR) is 112 cm³/mol. The number of amides is 1. The van der Waals surface area contributed by atoms with Crippen molar-refractivity contribution in [3.8, 4) is 17.1 Å². The van der Waals surface area contributed by atoms with E-state index in [-0.39, 0.29) is 11.7 Å². The Kier molecular flexibility index (Phi) is 6.59. The lowest BCUT2D eigenvalue weighted by Gasteiger charge is -2.17. The second kappa shape index (κ2) is 9.12. The van der Waals surface area contributed by atoms with Gasteiger partial charge in [-0.2, -0.15) is 0 Å². The number of ether oxygens (including phenoxy) is 1. The molecule has 28 heavy (non-hydrogen) atoms. The molecule has 0 N–H and O–H groups in total. The molecule has 0 saturated heterocycles. The van der Waals surface area contributed by atoms with Crippen LogP contribution >= 0.6 is 23.4 Å². The molecule has 146 valence electrons. The highest BCUT2D eigenvalue weighted by Gasteiger charge is 2.16. The van der Waals surface area contributed by atoms with E-state index in [0.29, 0.717) is 22.5 Å². The number of nitrogens with zero attached hydrogens (tertiary/aromatic N) is 4. The molecule has 0 aliphatic carbocycles. The van der Waals surface area contributed by atoms with Gasteiger partial charge in [-0.3, -0.25) is 4.79 Å². The molecular formula is C20H21ClN4O2S. The van der Waals surface area contributed by atoms with Crippen molar-refractivity contribution in [1.29, 1.82) is 0 Å². The van der Waals surface area contributed by atoms with Crippen molar-refractivity contribution in [3.63, 3.8) is 0 Å². The van der Waals surface area contributed by atoms with Gasteiger partial charge >= 0.3 is 0 Å². The van der Waals surface area contributed by atoms with Gasteiger partial charge in [0, 0.05) is 26.2 Å². The van der Waals surface area contributed by atoms with Gasteiger partial charge in [0.15, 0.2) is 11.0 Å². The van der Waals surface area contributed by atoms with Crippen molar-refractivity contribution in [2.45, 2.75) is 11.7 Å². The van der Waals surface area contributed by atoms with Crippen LogP contribution in [0, 0.1) is 0 Å². The Morgan fingerprint density at radius 3 is 2.57 bits per heavy atom. The molecule has 6 nitrogen and oxygen atoms in total. The summed E-state index contributed by atoms with van der Waals surface area (Å²) in [6.07, 6.45) is 0. The minimum absolute atomic E-state index is 0.0168. The van der Waals surface area contributed by atoms with Crippen molar-refractivity contribution in [3.05, 3.63) is 59.1 Å². The molecule has 1 heterocycles. The minimum Gasteiger partial charge on any atom is -0.497 e. The number of benzene rings is 2. The molecule has 0 saturated carbocycles. The van der Waals surface area contributed by atoms with Crippen LogP contribution in [0.15, 0.2) is 53.7 Å². The summed E-state index contributed by atoms with van der Waals surface area (Å²) in [6, 6.07) is 15.2. The molecule has 0 bridgehead atoms. The minimum atomic E-state index is 0.0168. The average molecular weight is 417 g/mol. The van der Waals surface area contributed by atoms with Gasteiger partial charge in [0.1, 0.15) is 5.75 Å². The lowest BCUT2D eigenvalue weighted by Crippen LogP contribution is -2.27. The Labute approximate surface area is 173 Å². The van der Waals surface area contributed by atoms with E-state index in [1.54, 1.807) is 19.1 Å². The normalized spacial score (nSPS) is 10.7. The van der Waals surface area contributed by atoms with Gasteiger partial charge in [-0.1, -0.05) is 47.6 Å². The number of thioether (sulfide) groups is 1. The molecular weight excluding hydrogens is 396 g/mol. The predicted octanol–water partition coefficient (Wildman–Crippen LogP) is 3.89. The monoisotopic (exact) mass is 416 g/mol. The third-order valence-corrected chi connectivity index (χ3v) is 5.61. The molecule has 1 aromatic heterocycles. The summed E-state index contributed by atoms with van der Waals surface area (Å²) < 4.78 is 7.00. The SMILES string of the molecule is COc1ccc(CN(C)C(=O)CSc2nnc(-c3ccccc3Cl)n2C)cc1. The maximum atomic E-state index is 12.5. The van der Waals surface area contributed by atoms with Crippen molar-refractivity contribution in [1.82, 2.24) is 19.7 Å². The van der Waals surface area contributed by atoms with E-state index in [2.05, 4.69) is 10.2 Å². The molecule has 0 unspecified atom stereocenters. The first-order chi connectivity index (χ1) is 13.5. The topological polar surface area (TPSA) is 60.2 Å². The van der Waals surface area contributed by atoms with Crippen LogP contribution < -0.4 is 4.74 Å². The summed E-state index contributed by atoms with van der Waals surface area (Å²) in [4.78, 5) is 14.2. The zero-order valence-electron chi connectivity index (χ0n) is 15.9. The number of halogens is 1. The molecule has 0 fully saturated rings. The quantitative estimate of drug-likeness (QED) is 0.547. The van der Waals surface area contributed by atoms with E-state index in [1.807, 2.05) is 60.1 Å². The number of hydrogen-bond acceptors (Lipinski definition) is 5. The van der Waals surface area contributed by atoms with E-state index < -0.39 is 0 Å². The zero-order valence-corrected chi connectivity index (χ0v) is 17.5. The van der Waals surface area contributed by atoms with Gasteiger partial charge in [-0.05, 0) is 29.8 Å². The van der Waals surface area contributed by atoms with E-state index in [1.165, 1.54) is 11.8 Å². The number of carbonyl (C=O) groups is 1. The second-order valence-electron chi connectivity index (χ2n) is 6.23. The van der Waals surface area contributed by atoms with E-state index in [4.69, 9.17) is 16.3 Å². The summed E-state index contributed by atoms with van der Waals surface area (Å²) in [5, 5.41) is 9.71. The van der Waals surface area contributed by atoms with Crippen LogP contribution in [0.4, 0.5) is 0 Å². The Hall–Kier alpha value is -2.51. The van der Waals surface area contributed by atoms with Crippen LogP contribution in [0.1, 0.15) is 5.56 Å². The number of hydrogen-bond donors (Lipinski definition) is 0. The lowest BCUT2D eigenvalue weighted by atomic mass is 10.2. The van der Waals surface area contributed by atoms with Crippen molar-refractivity contribution in [2.24, 2.45) is 7.05 Å². The molecule has 3 aromatic rings. The third-order valence-electron chi connectivity index (χ3n) is 4.28. The number of aromatic nitrogens is 3. The zero-order chi connectivity index (χ0) is 20.1. The Balaban J connectivity index is 1.60. The van der Waals surface area contributed by atoms with Crippen LogP contribution in [0.3, 0.4) is 0 Å². The molecule has 1 amide bonds. The number of rotatable bonds is 7. The van der Waals surface area contributed by atoms with Crippen LogP contribution in [-0.4, -0.2) is 45.5 Å². The average Bonchev–Trinajstić information content (AvgIpc) is 3.07. The van der Waals surface area contributed by atoms with Crippen LogP contribution in [0.25, 0.3) is 11.4 Å². The van der Waals surface area contributed by atoms with Crippen molar-refractivity contribution >= 4 is 29.3 Å². The highest BCUT2D eigenvalue weighted by atomic mass is 35.5. The molecule has 0 spiro atoms. The molecule has 2 aromatic carbocycles. The highest BCUT2D eigenvalue weighted by molar-refractivity contribution is 7.99. The van der Waals surface area contributed by atoms with Crippen molar-refractivity contribution in [2.75, 3.05) is 19.9 Å². The smallest absolute Gasteiger partial charge is 0.233 e. The summed E-state index contributed by atoms with van der Waals surface area (Å²) in [6.45, 7) is 0.535. The van der Waals surface area contributed by atoms with Gasteiger partial charge in [-0.25, -0.2) is 0 Å². The molecule has 0 atom stereocenters. The molecule has 0 radical (unpaired) electrons.